The number of aliphatic hydroxyl groups excluding tert-OH is 1. The maximum absolute atomic E-state index is 10.5. The van der Waals surface area contributed by atoms with Crippen LogP contribution in [0.2, 0.25) is 0 Å². The summed E-state index contributed by atoms with van der Waals surface area (Å²) in [6.45, 7) is 6.21. The molecular formula is C17H24N2O3S. The maximum Gasteiger partial charge on any atom is 0.117 e. The molecular weight excluding hydrogens is 312 g/mol. The quantitative estimate of drug-likeness (QED) is 0.799. The highest BCUT2D eigenvalue weighted by Crippen LogP contribution is 2.15. The van der Waals surface area contributed by atoms with Crippen molar-refractivity contribution < 1.29 is 14.3 Å². The SMILES string of the molecule is OC(CN1CCOCC1)CN(Cc1ccco1)Cc1cccs1. The highest BCUT2D eigenvalue weighted by molar-refractivity contribution is 7.09. The fourth-order valence-electron chi connectivity index (χ4n) is 2.87. The monoisotopic (exact) mass is 336 g/mol. The lowest BCUT2D eigenvalue weighted by Crippen LogP contribution is -2.44. The predicted octanol–water partition coefficient (Wildman–Crippen LogP) is 2.04. The van der Waals surface area contributed by atoms with Crippen LogP contribution in [0.3, 0.4) is 0 Å². The van der Waals surface area contributed by atoms with Crippen molar-refractivity contribution >= 4 is 11.3 Å². The zero-order chi connectivity index (χ0) is 15.9. The Kier molecular flexibility index (Phi) is 6.24. The fraction of sp³-hybridized carbons (Fsp3) is 0.529. The highest BCUT2D eigenvalue weighted by atomic mass is 32.1. The molecule has 3 heterocycles. The molecule has 2 aromatic heterocycles. The lowest BCUT2D eigenvalue weighted by Gasteiger charge is -2.30. The van der Waals surface area contributed by atoms with Crippen LogP contribution in [0.1, 0.15) is 10.6 Å². The molecule has 0 amide bonds. The molecule has 0 aliphatic carbocycles. The van der Waals surface area contributed by atoms with E-state index < -0.39 is 0 Å². The van der Waals surface area contributed by atoms with Gasteiger partial charge in [0.25, 0.3) is 0 Å². The maximum atomic E-state index is 10.5. The summed E-state index contributed by atoms with van der Waals surface area (Å²) in [6.07, 6.45) is 1.33. The van der Waals surface area contributed by atoms with Crippen molar-refractivity contribution in [1.82, 2.24) is 9.80 Å². The standard InChI is InChI=1S/C17H24N2O3S/c20-15(11-18-5-8-21-9-6-18)12-19(13-16-3-1-7-22-16)14-17-4-2-10-23-17/h1-4,7,10,15,20H,5-6,8-9,11-14H2. The molecule has 0 aromatic carbocycles. The molecule has 1 fully saturated rings. The van der Waals surface area contributed by atoms with Crippen molar-refractivity contribution in [3.63, 3.8) is 0 Å². The van der Waals surface area contributed by atoms with Gasteiger partial charge in [-0.05, 0) is 23.6 Å². The molecule has 1 aliphatic heterocycles. The molecule has 0 radical (unpaired) electrons. The van der Waals surface area contributed by atoms with E-state index in [1.54, 1.807) is 17.6 Å². The van der Waals surface area contributed by atoms with E-state index in [4.69, 9.17) is 9.15 Å². The first-order chi connectivity index (χ1) is 11.3. The molecule has 126 valence electrons. The Morgan fingerprint density at radius 2 is 2.09 bits per heavy atom. The number of rotatable bonds is 8. The van der Waals surface area contributed by atoms with E-state index in [9.17, 15) is 5.11 Å². The van der Waals surface area contributed by atoms with Gasteiger partial charge < -0.3 is 14.3 Å². The molecule has 2 aromatic rings. The lowest BCUT2D eigenvalue weighted by atomic mass is 10.2. The zero-order valence-electron chi connectivity index (χ0n) is 13.3. The van der Waals surface area contributed by atoms with E-state index in [1.165, 1.54) is 4.88 Å². The van der Waals surface area contributed by atoms with Crippen LogP contribution in [0.4, 0.5) is 0 Å². The molecule has 1 unspecified atom stereocenters. The summed E-state index contributed by atoms with van der Waals surface area (Å²) in [4.78, 5) is 5.82. The van der Waals surface area contributed by atoms with Crippen LogP contribution in [-0.2, 0) is 17.8 Å². The van der Waals surface area contributed by atoms with E-state index in [2.05, 4.69) is 27.3 Å². The van der Waals surface area contributed by atoms with Crippen molar-refractivity contribution in [3.8, 4) is 0 Å². The van der Waals surface area contributed by atoms with Crippen LogP contribution >= 0.6 is 11.3 Å². The highest BCUT2D eigenvalue weighted by Gasteiger charge is 2.18. The number of morpholine rings is 1. The van der Waals surface area contributed by atoms with Crippen molar-refractivity contribution in [3.05, 3.63) is 46.5 Å². The molecule has 3 rings (SSSR count). The molecule has 1 atom stereocenters. The first kappa shape index (κ1) is 16.7. The molecule has 1 N–H and O–H groups in total. The van der Waals surface area contributed by atoms with Gasteiger partial charge in [-0.3, -0.25) is 9.80 Å². The van der Waals surface area contributed by atoms with Crippen LogP contribution in [0.5, 0.6) is 0 Å². The Morgan fingerprint density at radius 3 is 2.78 bits per heavy atom. The van der Waals surface area contributed by atoms with Crippen molar-refractivity contribution in [1.29, 1.82) is 0 Å². The predicted molar refractivity (Wildman–Crippen MR) is 90.4 cm³/mol. The third kappa shape index (κ3) is 5.44. The minimum atomic E-state index is -0.372. The number of hydrogen-bond donors (Lipinski definition) is 1. The van der Waals surface area contributed by atoms with Crippen molar-refractivity contribution in [2.75, 3.05) is 39.4 Å². The van der Waals surface area contributed by atoms with Crippen LogP contribution in [0.25, 0.3) is 0 Å². The summed E-state index contributed by atoms with van der Waals surface area (Å²) in [5.41, 5.74) is 0. The summed E-state index contributed by atoms with van der Waals surface area (Å²) in [5, 5.41) is 12.6. The molecule has 6 heteroatoms. The van der Waals surface area contributed by atoms with Gasteiger partial charge in [0.2, 0.25) is 0 Å². The van der Waals surface area contributed by atoms with Crippen LogP contribution in [0.15, 0.2) is 40.3 Å². The second-order valence-electron chi connectivity index (χ2n) is 5.90. The first-order valence-corrected chi connectivity index (χ1v) is 8.93. The average molecular weight is 336 g/mol. The van der Waals surface area contributed by atoms with Crippen molar-refractivity contribution in [2.45, 2.75) is 19.2 Å². The van der Waals surface area contributed by atoms with Gasteiger partial charge in [0.05, 0.1) is 32.1 Å². The minimum absolute atomic E-state index is 0.372. The number of aliphatic hydroxyl groups is 1. The smallest absolute Gasteiger partial charge is 0.117 e. The number of nitrogens with zero attached hydrogens (tertiary/aromatic N) is 2. The topological polar surface area (TPSA) is 49.1 Å². The fourth-order valence-corrected chi connectivity index (χ4v) is 3.61. The Hall–Kier alpha value is -1.18. The molecule has 1 aliphatic rings. The number of thiophene rings is 1. The van der Waals surface area contributed by atoms with Crippen LogP contribution in [-0.4, -0.2) is 60.4 Å². The molecule has 0 saturated carbocycles. The van der Waals surface area contributed by atoms with Gasteiger partial charge in [-0.1, -0.05) is 6.07 Å². The Labute approximate surface area is 141 Å². The summed E-state index contributed by atoms with van der Waals surface area (Å²) >= 11 is 1.75. The normalized spacial score (nSPS) is 17.7. The number of hydrogen-bond acceptors (Lipinski definition) is 6. The summed E-state index contributed by atoms with van der Waals surface area (Å²) in [5.74, 6) is 0.931. The zero-order valence-corrected chi connectivity index (χ0v) is 14.1. The minimum Gasteiger partial charge on any atom is -0.468 e. The molecule has 1 saturated heterocycles. The summed E-state index contributed by atoms with van der Waals surface area (Å²) in [7, 11) is 0. The first-order valence-electron chi connectivity index (χ1n) is 8.05. The van der Waals surface area contributed by atoms with Gasteiger partial charge in [-0.2, -0.15) is 0 Å². The van der Waals surface area contributed by atoms with Gasteiger partial charge in [0.15, 0.2) is 0 Å². The van der Waals surface area contributed by atoms with Gasteiger partial charge >= 0.3 is 0 Å². The van der Waals surface area contributed by atoms with Gasteiger partial charge in [0, 0.05) is 37.6 Å². The van der Waals surface area contributed by atoms with Gasteiger partial charge in [-0.15, -0.1) is 11.3 Å². The number of ether oxygens (including phenoxy) is 1. The van der Waals surface area contributed by atoms with Gasteiger partial charge in [0.1, 0.15) is 5.76 Å². The second-order valence-corrected chi connectivity index (χ2v) is 6.93. The Bertz CT molecular complexity index is 502. The molecule has 0 bridgehead atoms. The van der Waals surface area contributed by atoms with Crippen LogP contribution in [0, 0.1) is 0 Å². The lowest BCUT2D eigenvalue weighted by molar-refractivity contribution is 0.00516. The molecule has 23 heavy (non-hydrogen) atoms. The third-order valence-corrected chi connectivity index (χ3v) is 4.82. The molecule has 5 nitrogen and oxygen atoms in total. The van der Waals surface area contributed by atoms with Crippen LogP contribution < -0.4 is 0 Å². The van der Waals surface area contributed by atoms with E-state index in [1.807, 2.05) is 12.1 Å². The van der Waals surface area contributed by atoms with E-state index >= 15 is 0 Å². The third-order valence-electron chi connectivity index (χ3n) is 3.96. The number of β-amino-alcohol motifs (C(OH)–C–C–N with tert-alkyl or cyclic N) is 1. The number of furan rings is 1. The average Bonchev–Trinajstić information content (AvgIpc) is 3.22. The van der Waals surface area contributed by atoms with Gasteiger partial charge in [-0.25, -0.2) is 0 Å². The molecule has 0 spiro atoms. The second kappa shape index (κ2) is 8.61. The summed E-state index contributed by atoms with van der Waals surface area (Å²) < 4.78 is 10.8. The summed E-state index contributed by atoms with van der Waals surface area (Å²) in [6, 6.07) is 8.09. The van der Waals surface area contributed by atoms with E-state index in [-0.39, 0.29) is 6.10 Å². The Morgan fingerprint density at radius 1 is 1.22 bits per heavy atom. The van der Waals surface area contributed by atoms with Crippen molar-refractivity contribution in [2.24, 2.45) is 0 Å². The Balaban J connectivity index is 1.55. The van der Waals surface area contributed by atoms with E-state index in [0.29, 0.717) is 19.6 Å². The van der Waals surface area contributed by atoms with E-state index in [0.717, 1.165) is 38.6 Å². The largest absolute Gasteiger partial charge is 0.468 e.